The van der Waals surface area contributed by atoms with Crippen molar-refractivity contribution in [3.05, 3.63) is 64.2 Å². The summed E-state index contributed by atoms with van der Waals surface area (Å²) >= 11 is 0. The number of rotatable bonds is 3. The largest absolute Gasteiger partial charge is 0.320 e. The first-order valence-electron chi connectivity index (χ1n) is 5.24. The van der Waals surface area contributed by atoms with Gasteiger partial charge in [0, 0.05) is 12.3 Å². The van der Waals surface area contributed by atoms with Crippen molar-refractivity contribution < 1.29 is 14.1 Å². The molecule has 0 aliphatic carbocycles. The molecule has 0 spiro atoms. The summed E-state index contributed by atoms with van der Waals surface area (Å²) in [5.41, 5.74) is -0.859. The van der Waals surface area contributed by atoms with E-state index in [4.69, 9.17) is 0 Å². The van der Waals surface area contributed by atoms with E-state index < -0.39 is 27.9 Å². The molecule has 0 atom stereocenters. The van der Waals surface area contributed by atoms with Gasteiger partial charge in [0.25, 0.3) is 11.6 Å². The van der Waals surface area contributed by atoms with Gasteiger partial charge in [-0.3, -0.25) is 19.9 Å². The summed E-state index contributed by atoms with van der Waals surface area (Å²) in [7, 11) is 0. The number of hydrogen-bond acceptors (Lipinski definition) is 4. The average Bonchev–Trinajstić information content (AvgIpc) is 2.39. The highest BCUT2D eigenvalue weighted by atomic mass is 19.1. The number of anilines is 1. The molecule has 0 unspecified atom stereocenters. The number of benzene rings is 1. The Morgan fingerprint density at radius 2 is 2.11 bits per heavy atom. The summed E-state index contributed by atoms with van der Waals surface area (Å²) in [6.45, 7) is 0. The van der Waals surface area contributed by atoms with Gasteiger partial charge in [-0.15, -0.1) is 0 Å². The lowest BCUT2D eigenvalue weighted by Gasteiger charge is -2.06. The van der Waals surface area contributed by atoms with Crippen molar-refractivity contribution in [3.8, 4) is 0 Å². The van der Waals surface area contributed by atoms with E-state index in [0.717, 1.165) is 12.1 Å². The van der Waals surface area contributed by atoms with Crippen LogP contribution in [0.15, 0.2) is 42.7 Å². The molecule has 0 saturated heterocycles. The maximum atomic E-state index is 13.6. The molecule has 0 bridgehead atoms. The number of aromatic nitrogens is 1. The van der Waals surface area contributed by atoms with Crippen molar-refractivity contribution in [1.82, 2.24) is 4.98 Å². The minimum atomic E-state index is -0.949. The Morgan fingerprint density at radius 1 is 1.32 bits per heavy atom. The van der Waals surface area contributed by atoms with E-state index in [1.54, 1.807) is 6.07 Å². The van der Waals surface area contributed by atoms with Gasteiger partial charge in [0.1, 0.15) is 5.82 Å². The molecule has 2 rings (SSSR count). The van der Waals surface area contributed by atoms with Crippen LogP contribution >= 0.6 is 0 Å². The maximum Gasteiger partial charge on any atom is 0.285 e. The van der Waals surface area contributed by atoms with Crippen molar-refractivity contribution in [1.29, 1.82) is 0 Å². The third-order valence-corrected chi connectivity index (χ3v) is 2.33. The molecular weight excluding hydrogens is 253 g/mol. The summed E-state index contributed by atoms with van der Waals surface area (Å²) in [6, 6.07) is 6.35. The Morgan fingerprint density at radius 3 is 2.74 bits per heavy atom. The van der Waals surface area contributed by atoms with Crippen molar-refractivity contribution in [2.45, 2.75) is 0 Å². The Hall–Kier alpha value is -2.83. The highest BCUT2D eigenvalue weighted by Gasteiger charge is 2.24. The number of halogens is 1. The summed E-state index contributed by atoms with van der Waals surface area (Å²) in [6.07, 6.45) is 2.85. The van der Waals surface area contributed by atoms with Gasteiger partial charge in [-0.2, -0.15) is 0 Å². The summed E-state index contributed by atoms with van der Waals surface area (Å²) in [5.74, 6) is -1.84. The third kappa shape index (κ3) is 2.71. The minimum absolute atomic E-state index is 0.324. The predicted octanol–water partition coefficient (Wildman–Crippen LogP) is 2.38. The van der Waals surface area contributed by atoms with Crippen molar-refractivity contribution in [2.24, 2.45) is 0 Å². The number of hydrogen-bond donors (Lipinski definition) is 1. The van der Waals surface area contributed by atoms with E-state index in [1.807, 2.05) is 0 Å². The summed E-state index contributed by atoms with van der Waals surface area (Å²) in [4.78, 5) is 25.6. The van der Waals surface area contributed by atoms with Crippen LogP contribution < -0.4 is 5.32 Å². The zero-order valence-corrected chi connectivity index (χ0v) is 9.54. The molecule has 6 nitrogen and oxygen atoms in total. The first-order valence-corrected chi connectivity index (χ1v) is 5.24. The molecule has 0 fully saturated rings. The quantitative estimate of drug-likeness (QED) is 0.679. The third-order valence-electron chi connectivity index (χ3n) is 2.33. The van der Waals surface area contributed by atoms with E-state index in [-0.39, 0.29) is 0 Å². The van der Waals surface area contributed by atoms with Gasteiger partial charge >= 0.3 is 0 Å². The zero-order chi connectivity index (χ0) is 13.8. The Balaban J connectivity index is 2.36. The number of carbonyl (C=O) groups excluding carboxylic acids is 1. The van der Waals surface area contributed by atoms with Crippen LogP contribution in [-0.4, -0.2) is 15.8 Å². The molecule has 0 aliphatic heterocycles. The summed E-state index contributed by atoms with van der Waals surface area (Å²) < 4.78 is 13.6. The van der Waals surface area contributed by atoms with Crippen molar-refractivity contribution >= 4 is 17.3 Å². The first-order chi connectivity index (χ1) is 9.09. The molecule has 0 radical (unpaired) electrons. The normalized spacial score (nSPS) is 9.95. The van der Waals surface area contributed by atoms with Gasteiger partial charge in [0.15, 0.2) is 5.56 Å². The lowest BCUT2D eigenvalue weighted by atomic mass is 10.1. The van der Waals surface area contributed by atoms with E-state index in [0.29, 0.717) is 5.69 Å². The smallest absolute Gasteiger partial charge is 0.285 e. The molecule has 96 valence electrons. The van der Waals surface area contributed by atoms with Gasteiger partial charge in [-0.05, 0) is 18.2 Å². The standard InChI is InChI=1S/C12H8FN3O3/c13-9-4-1-5-10(16(18)19)11(9)12(17)15-8-3-2-6-14-7-8/h1-7H,(H,15,17). The number of amides is 1. The number of nitro benzene ring substituents is 1. The molecule has 1 aromatic heterocycles. The van der Waals surface area contributed by atoms with E-state index in [2.05, 4.69) is 10.3 Å². The molecular formula is C12H8FN3O3. The highest BCUT2D eigenvalue weighted by molar-refractivity contribution is 6.07. The SMILES string of the molecule is O=C(Nc1cccnc1)c1c(F)cccc1[N+](=O)[O-]. The predicted molar refractivity (Wildman–Crippen MR) is 65.2 cm³/mol. The fourth-order valence-electron chi connectivity index (χ4n) is 1.52. The number of nitrogens with one attached hydrogen (secondary N) is 1. The van der Waals surface area contributed by atoms with E-state index >= 15 is 0 Å². The molecule has 1 N–H and O–H groups in total. The topological polar surface area (TPSA) is 85.1 Å². The van der Waals surface area contributed by atoms with E-state index in [9.17, 15) is 19.3 Å². The molecule has 1 amide bonds. The van der Waals surface area contributed by atoms with Gasteiger partial charge in [-0.25, -0.2) is 4.39 Å². The molecule has 0 saturated carbocycles. The highest BCUT2D eigenvalue weighted by Crippen LogP contribution is 2.22. The molecule has 2 aromatic rings. The molecule has 7 heteroatoms. The second-order valence-electron chi connectivity index (χ2n) is 3.59. The van der Waals surface area contributed by atoms with Crippen LogP contribution in [0.5, 0.6) is 0 Å². The van der Waals surface area contributed by atoms with Gasteiger partial charge < -0.3 is 5.32 Å². The van der Waals surface area contributed by atoms with Gasteiger partial charge in [-0.1, -0.05) is 6.07 Å². The maximum absolute atomic E-state index is 13.6. The van der Waals surface area contributed by atoms with Crippen LogP contribution in [0.1, 0.15) is 10.4 Å². The lowest BCUT2D eigenvalue weighted by Crippen LogP contribution is -2.16. The van der Waals surface area contributed by atoms with Crippen LogP contribution in [0.3, 0.4) is 0 Å². The number of nitro groups is 1. The molecule has 1 aromatic carbocycles. The Bertz CT molecular complexity index is 631. The second-order valence-corrected chi connectivity index (χ2v) is 3.59. The molecule has 1 heterocycles. The molecule has 0 aliphatic rings. The minimum Gasteiger partial charge on any atom is -0.320 e. The number of nitrogens with zero attached hydrogens (tertiary/aromatic N) is 2. The first kappa shape index (κ1) is 12.6. The number of pyridine rings is 1. The monoisotopic (exact) mass is 261 g/mol. The second kappa shape index (κ2) is 5.21. The fourth-order valence-corrected chi connectivity index (χ4v) is 1.52. The molecule has 19 heavy (non-hydrogen) atoms. The van der Waals surface area contributed by atoms with E-state index in [1.165, 1.54) is 24.5 Å². The fraction of sp³-hybridized carbons (Fsp3) is 0. The van der Waals surface area contributed by atoms with Crippen LogP contribution in [-0.2, 0) is 0 Å². The number of carbonyl (C=O) groups is 1. The van der Waals surface area contributed by atoms with Crippen LogP contribution in [0.25, 0.3) is 0 Å². The Kier molecular flexibility index (Phi) is 3.46. The van der Waals surface area contributed by atoms with Gasteiger partial charge in [0.05, 0.1) is 16.8 Å². The van der Waals surface area contributed by atoms with Crippen molar-refractivity contribution in [2.75, 3.05) is 5.32 Å². The average molecular weight is 261 g/mol. The van der Waals surface area contributed by atoms with Crippen molar-refractivity contribution in [3.63, 3.8) is 0 Å². The van der Waals surface area contributed by atoms with Crippen LogP contribution in [0, 0.1) is 15.9 Å². The zero-order valence-electron chi connectivity index (χ0n) is 9.54. The van der Waals surface area contributed by atoms with Gasteiger partial charge in [0.2, 0.25) is 0 Å². The summed E-state index contributed by atoms with van der Waals surface area (Å²) in [5, 5.41) is 13.1. The van der Waals surface area contributed by atoms with Crippen LogP contribution in [0.4, 0.5) is 15.8 Å². The van der Waals surface area contributed by atoms with Crippen LogP contribution in [0.2, 0.25) is 0 Å². The Labute approximate surface area is 107 Å². The lowest BCUT2D eigenvalue weighted by molar-refractivity contribution is -0.385.